The monoisotopic (exact) mass is 225 g/mol. The Hall–Kier alpha value is -1.34. The Balaban J connectivity index is 2.23. The van der Waals surface area contributed by atoms with Gasteiger partial charge in [-0.1, -0.05) is 50.2 Å². The molecule has 0 unspecified atom stereocenters. The molecule has 0 bridgehead atoms. The quantitative estimate of drug-likeness (QED) is 0.788. The van der Waals surface area contributed by atoms with Crippen LogP contribution in [0.2, 0.25) is 0 Å². The first-order valence-electron chi connectivity index (χ1n) is 6.27. The van der Waals surface area contributed by atoms with Crippen LogP contribution in [-0.4, -0.2) is 6.04 Å². The second kappa shape index (κ2) is 3.33. The summed E-state index contributed by atoms with van der Waals surface area (Å²) in [6, 6.07) is 13.4. The molecule has 0 aliphatic heterocycles. The van der Waals surface area contributed by atoms with E-state index in [9.17, 15) is 0 Å². The Morgan fingerprint density at radius 3 is 2.18 bits per heavy atom. The molecule has 17 heavy (non-hydrogen) atoms. The van der Waals surface area contributed by atoms with E-state index in [0.29, 0.717) is 12.0 Å². The molecule has 0 spiro atoms. The summed E-state index contributed by atoms with van der Waals surface area (Å²) in [5.74, 6) is 0.507. The minimum atomic E-state index is 0.248. The molecule has 0 saturated heterocycles. The third kappa shape index (κ3) is 1.42. The van der Waals surface area contributed by atoms with Crippen molar-refractivity contribution in [3.8, 4) is 0 Å². The van der Waals surface area contributed by atoms with Crippen molar-refractivity contribution in [3.05, 3.63) is 47.5 Å². The number of hydrogen-bond acceptors (Lipinski definition) is 1. The smallest absolute Gasteiger partial charge is 0.0172 e. The average Bonchev–Trinajstić information content (AvgIpc) is 2.80. The molecule has 2 atom stereocenters. The molecule has 3 rings (SSSR count). The van der Waals surface area contributed by atoms with Gasteiger partial charge in [-0.2, -0.15) is 0 Å². The van der Waals surface area contributed by atoms with E-state index in [0.717, 1.165) is 0 Å². The highest BCUT2D eigenvalue weighted by Gasteiger charge is 2.56. The van der Waals surface area contributed by atoms with Gasteiger partial charge >= 0.3 is 0 Å². The van der Waals surface area contributed by atoms with Gasteiger partial charge in [0, 0.05) is 12.0 Å². The van der Waals surface area contributed by atoms with Crippen LogP contribution in [0, 0.1) is 12.3 Å². The molecule has 88 valence electrons. The third-order valence-electron chi connectivity index (χ3n) is 4.42. The van der Waals surface area contributed by atoms with E-state index in [4.69, 9.17) is 5.73 Å². The van der Waals surface area contributed by atoms with Crippen molar-refractivity contribution in [1.82, 2.24) is 0 Å². The standard InChI is InChI=1S/C16H19N/c1-10-8-9-13(14-15(17)16(14,2)3)12-7-5-4-6-11(10)12/h4-9,14-15H,17H2,1-3H3/t14-,15-/m1/s1. The van der Waals surface area contributed by atoms with Crippen molar-refractivity contribution in [2.24, 2.45) is 11.1 Å². The molecule has 0 amide bonds. The van der Waals surface area contributed by atoms with E-state index in [2.05, 4.69) is 57.2 Å². The van der Waals surface area contributed by atoms with Crippen LogP contribution in [0.15, 0.2) is 36.4 Å². The summed E-state index contributed by atoms with van der Waals surface area (Å²) in [5, 5.41) is 2.73. The van der Waals surface area contributed by atoms with Gasteiger partial charge in [-0.05, 0) is 34.2 Å². The number of hydrogen-bond donors (Lipinski definition) is 1. The molecule has 2 aromatic carbocycles. The van der Waals surface area contributed by atoms with Crippen LogP contribution >= 0.6 is 0 Å². The predicted molar refractivity (Wildman–Crippen MR) is 73.2 cm³/mol. The molecule has 2 N–H and O–H groups in total. The summed E-state index contributed by atoms with van der Waals surface area (Å²) >= 11 is 0. The van der Waals surface area contributed by atoms with Crippen molar-refractivity contribution in [3.63, 3.8) is 0 Å². The van der Waals surface area contributed by atoms with Gasteiger partial charge in [0.1, 0.15) is 0 Å². The molecule has 1 fully saturated rings. The van der Waals surface area contributed by atoms with Crippen LogP contribution in [-0.2, 0) is 0 Å². The van der Waals surface area contributed by atoms with Crippen molar-refractivity contribution < 1.29 is 0 Å². The number of rotatable bonds is 1. The van der Waals surface area contributed by atoms with Gasteiger partial charge in [0.2, 0.25) is 0 Å². The summed E-state index contributed by atoms with van der Waals surface area (Å²) in [4.78, 5) is 0. The first-order valence-corrected chi connectivity index (χ1v) is 6.27. The first kappa shape index (κ1) is 10.8. The molecule has 1 nitrogen and oxygen atoms in total. The molecule has 2 aromatic rings. The minimum absolute atomic E-state index is 0.248. The number of aryl methyl sites for hydroxylation is 1. The van der Waals surface area contributed by atoms with Crippen LogP contribution < -0.4 is 5.73 Å². The van der Waals surface area contributed by atoms with Gasteiger partial charge in [-0.25, -0.2) is 0 Å². The Bertz CT molecular complexity index is 583. The van der Waals surface area contributed by atoms with Crippen molar-refractivity contribution in [1.29, 1.82) is 0 Å². The highest BCUT2D eigenvalue weighted by Crippen LogP contribution is 2.58. The summed E-state index contributed by atoms with van der Waals surface area (Å²) in [7, 11) is 0. The Kier molecular flexibility index (Phi) is 2.11. The summed E-state index contributed by atoms with van der Waals surface area (Å²) in [6.07, 6.45) is 0. The lowest BCUT2D eigenvalue weighted by molar-refractivity contribution is 0.600. The number of fused-ring (bicyclic) bond motifs is 1. The van der Waals surface area contributed by atoms with E-state index in [1.54, 1.807) is 0 Å². The van der Waals surface area contributed by atoms with Gasteiger partial charge in [0.15, 0.2) is 0 Å². The van der Waals surface area contributed by atoms with Crippen molar-refractivity contribution in [2.45, 2.75) is 32.7 Å². The molecule has 0 radical (unpaired) electrons. The summed E-state index contributed by atoms with van der Waals surface area (Å²) < 4.78 is 0. The zero-order valence-electron chi connectivity index (χ0n) is 10.7. The number of benzene rings is 2. The molecular weight excluding hydrogens is 206 g/mol. The third-order valence-corrected chi connectivity index (χ3v) is 4.42. The second-order valence-corrected chi connectivity index (χ2v) is 5.84. The summed E-state index contributed by atoms with van der Waals surface area (Å²) in [5.41, 5.74) is 9.22. The van der Waals surface area contributed by atoms with Crippen molar-refractivity contribution in [2.75, 3.05) is 0 Å². The fraction of sp³-hybridized carbons (Fsp3) is 0.375. The maximum Gasteiger partial charge on any atom is 0.0172 e. The fourth-order valence-electron chi connectivity index (χ4n) is 3.02. The average molecular weight is 225 g/mol. The largest absolute Gasteiger partial charge is 0.327 e. The van der Waals surface area contributed by atoms with Crippen LogP contribution in [0.25, 0.3) is 10.8 Å². The number of nitrogens with two attached hydrogens (primary N) is 1. The van der Waals surface area contributed by atoms with Crippen LogP contribution in [0.1, 0.15) is 30.9 Å². The van der Waals surface area contributed by atoms with Crippen LogP contribution in [0.3, 0.4) is 0 Å². The van der Waals surface area contributed by atoms with Crippen molar-refractivity contribution >= 4 is 10.8 Å². The molecule has 0 aromatic heterocycles. The second-order valence-electron chi connectivity index (χ2n) is 5.84. The first-order chi connectivity index (χ1) is 8.03. The van der Waals surface area contributed by atoms with Gasteiger partial charge < -0.3 is 5.73 Å². The summed E-state index contributed by atoms with van der Waals surface area (Å²) in [6.45, 7) is 6.69. The van der Waals surface area contributed by atoms with E-state index in [1.165, 1.54) is 21.9 Å². The van der Waals surface area contributed by atoms with E-state index < -0.39 is 0 Å². The molecule has 1 aliphatic rings. The highest BCUT2D eigenvalue weighted by molar-refractivity contribution is 5.89. The molecule has 0 heterocycles. The zero-order valence-corrected chi connectivity index (χ0v) is 10.7. The maximum absolute atomic E-state index is 6.21. The lowest BCUT2D eigenvalue weighted by Crippen LogP contribution is -2.06. The molecule has 1 aliphatic carbocycles. The predicted octanol–water partition coefficient (Wildman–Crippen LogP) is 3.60. The van der Waals surface area contributed by atoms with E-state index >= 15 is 0 Å². The highest BCUT2D eigenvalue weighted by atomic mass is 14.8. The maximum atomic E-state index is 6.21. The van der Waals surface area contributed by atoms with Gasteiger partial charge in [-0.15, -0.1) is 0 Å². The molecule has 1 heteroatoms. The molecule has 1 saturated carbocycles. The minimum Gasteiger partial charge on any atom is -0.327 e. The Labute approximate surface area is 103 Å². The Morgan fingerprint density at radius 1 is 1.00 bits per heavy atom. The Morgan fingerprint density at radius 2 is 1.59 bits per heavy atom. The van der Waals surface area contributed by atoms with E-state index in [1.807, 2.05) is 0 Å². The zero-order chi connectivity index (χ0) is 12.2. The van der Waals surface area contributed by atoms with Gasteiger partial charge in [-0.3, -0.25) is 0 Å². The van der Waals surface area contributed by atoms with E-state index in [-0.39, 0.29) is 5.41 Å². The van der Waals surface area contributed by atoms with Crippen LogP contribution in [0.5, 0.6) is 0 Å². The lowest BCUT2D eigenvalue weighted by atomic mass is 9.94. The lowest BCUT2D eigenvalue weighted by Gasteiger charge is -2.10. The van der Waals surface area contributed by atoms with Gasteiger partial charge in [0.25, 0.3) is 0 Å². The van der Waals surface area contributed by atoms with Gasteiger partial charge in [0.05, 0.1) is 0 Å². The van der Waals surface area contributed by atoms with Crippen LogP contribution in [0.4, 0.5) is 0 Å². The topological polar surface area (TPSA) is 26.0 Å². The normalized spacial score (nSPS) is 26.1. The molecular formula is C16H19N. The SMILES string of the molecule is Cc1ccc([C@@H]2[C@@H](N)C2(C)C)c2ccccc12. The fourth-order valence-corrected chi connectivity index (χ4v) is 3.02.